The summed E-state index contributed by atoms with van der Waals surface area (Å²) in [6, 6.07) is 10.2. The van der Waals surface area contributed by atoms with Crippen LogP contribution >= 0.6 is 36.6 Å². The van der Waals surface area contributed by atoms with Crippen molar-refractivity contribution in [2.75, 3.05) is 25.1 Å². The largest absolute Gasteiger partial charge is 0.456 e. The second-order valence-corrected chi connectivity index (χ2v) is 9.70. The van der Waals surface area contributed by atoms with E-state index in [4.69, 9.17) is 15.9 Å². The first-order valence-corrected chi connectivity index (χ1v) is 12.2. The van der Waals surface area contributed by atoms with Crippen molar-refractivity contribution in [2.24, 2.45) is 10.7 Å². The van der Waals surface area contributed by atoms with E-state index in [0.717, 1.165) is 24.0 Å². The molecule has 0 radical (unpaired) electrons. The van der Waals surface area contributed by atoms with Crippen molar-refractivity contribution in [3.8, 4) is 11.5 Å². The van der Waals surface area contributed by atoms with Gasteiger partial charge in [-0.3, -0.25) is 25.3 Å². The van der Waals surface area contributed by atoms with Gasteiger partial charge in [-0.15, -0.1) is 24.8 Å². The second kappa shape index (κ2) is 12.6. The molecule has 5 N–H and O–H groups in total. The number of nitrogens with two attached hydrogens (primary N) is 1. The number of aliphatic imine (C=N–C) groups is 1. The Morgan fingerprint density at radius 3 is 2.38 bits per heavy atom. The van der Waals surface area contributed by atoms with Crippen LogP contribution in [0.15, 0.2) is 52.4 Å². The lowest BCUT2D eigenvalue weighted by Crippen LogP contribution is -2.35. The second-order valence-electron chi connectivity index (χ2n) is 6.75. The van der Waals surface area contributed by atoms with Crippen molar-refractivity contribution < 1.29 is 22.7 Å². The number of nitrogens with zero attached hydrogens (tertiary/aromatic N) is 1. The van der Waals surface area contributed by atoms with E-state index in [1.54, 1.807) is 24.3 Å². The Balaban J connectivity index is 0.00000289. The number of guanidine groups is 1. The lowest BCUT2D eigenvalue weighted by atomic mass is 10.1. The Kier molecular flexibility index (Phi) is 10.8. The van der Waals surface area contributed by atoms with Crippen molar-refractivity contribution in [3.05, 3.63) is 53.6 Å². The van der Waals surface area contributed by atoms with Crippen LogP contribution < -0.4 is 21.1 Å². The summed E-state index contributed by atoms with van der Waals surface area (Å²) >= 11 is 1.34. The van der Waals surface area contributed by atoms with Crippen LogP contribution in [0.2, 0.25) is 0 Å². The number of amidine groups is 1. The van der Waals surface area contributed by atoms with Gasteiger partial charge in [0.2, 0.25) is 0 Å². The standard InChI is InChI=1S/C20H21N5O5S2.2ClH/c1-32(28,29)17-10-13(18(27)25-19(21)22)4-7-16(17)30-14-5-2-12(3-6-14)15(26)11-31-20-23-8-9-24-20;;/h2-7,10H,8-9,11H2,1H3,(H,23,24)(H4,21,22,25,27);2*1H. The van der Waals surface area contributed by atoms with E-state index in [9.17, 15) is 18.0 Å². The zero-order valence-electron chi connectivity index (χ0n) is 17.9. The van der Waals surface area contributed by atoms with E-state index < -0.39 is 21.7 Å². The summed E-state index contributed by atoms with van der Waals surface area (Å²) in [6.45, 7) is 1.49. The normalized spacial score (nSPS) is 12.3. The SMILES string of the molecule is CS(=O)(=O)c1cc(C(=O)NC(=N)N)ccc1Oc1ccc(C(=O)CSC2=NCCN2)cc1.Cl.Cl. The Labute approximate surface area is 213 Å². The third-order valence-electron chi connectivity index (χ3n) is 4.24. The van der Waals surface area contributed by atoms with Crippen molar-refractivity contribution >= 4 is 69.2 Å². The molecule has 10 nitrogen and oxygen atoms in total. The number of ketones is 1. The topological polar surface area (TPSA) is 164 Å². The molecule has 1 heterocycles. The summed E-state index contributed by atoms with van der Waals surface area (Å²) in [7, 11) is -3.74. The van der Waals surface area contributed by atoms with Crippen molar-refractivity contribution in [3.63, 3.8) is 0 Å². The van der Waals surface area contributed by atoms with E-state index in [2.05, 4.69) is 15.6 Å². The highest BCUT2D eigenvalue weighted by Crippen LogP contribution is 2.30. The maximum absolute atomic E-state index is 12.3. The van der Waals surface area contributed by atoms with Crippen LogP contribution in [0.3, 0.4) is 0 Å². The fourth-order valence-corrected chi connectivity index (χ4v) is 4.38. The van der Waals surface area contributed by atoms with E-state index in [1.807, 2.05) is 0 Å². The molecule has 0 aromatic heterocycles. The molecule has 0 unspecified atom stereocenters. The third-order valence-corrected chi connectivity index (χ3v) is 6.31. The van der Waals surface area contributed by atoms with Crippen LogP contribution in [0.25, 0.3) is 0 Å². The molecule has 1 aliphatic rings. The number of nitrogens with one attached hydrogen (secondary N) is 3. The van der Waals surface area contributed by atoms with Crippen molar-refractivity contribution in [2.45, 2.75) is 4.90 Å². The number of Topliss-reactive ketones (excluding diaryl/α,β-unsaturated/α-hetero) is 1. The third kappa shape index (κ3) is 7.90. The summed E-state index contributed by atoms with van der Waals surface area (Å²) in [5.74, 6) is -0.761. The monoisotopic (exact) mass is 547 g/mol. The zero-order chi connectivity index (χ0) is 23.3. The highest BCUT2D eigenvalue weighted by molar-refractivity contribution is 8.14. The summed E-state index contributed by atoms with van der Waals surface area (Å²) in [5, 5.41) is 13.1. The van der Waals surface area contributed by atoms with Gasteiger partial charge in [0.25, 0.3) is 5.91 Å². The number of amides is 1. The molecule has 2 aromatic rings. The number of hydrogen-bond acceptors (Lipinski definition) is 9. The molecule has 3 rings (SSSR count). The molecule has 0 saturated carbocycles. The number of hydrogen-bond donors (Lipinski definition) is 4. The van der Waals surface area contributed by atoms with Crippen molar-refractivity contribution in [1.82, 2.24) is 10.6 Å². The number of thioether (sulfide) groups is 1. The minimum Gasteiger partial charge on any atom is -0.456 e. The zero-order valence-corrected chi connectivity index (χ0v) is 21.1. The number of rotatable bonds is 7. The van der Waals surface area contributed by atoms with Crippen LogP contribution in [-0.4, -0.2) is 56.3 Å². The molecule has 1 amide bonds. The first-order valence-electron chi connectivity index (χ1n) is 9.35. The minimum atomic E-state index is -3.74. The molecular weight excluding hydrogens is 525 g/mol. The van der Waals surface area contributed by atoms with E-state index >= 15 is 0 Å². The van der Waals surface area contributed by atoms with E-state index in [-0.39, 0.29) is 52.6 Å². The highest BCUT2D eigenvalue weighted by atomic mass is 35.5. The van der Waals surface area contributed by atoms with Gasteiger partial charge in [-0.25, -0.2) is 8.42 Å². The molecule has 0 atom stereocenters. The van der Waals surface area contributed by atoms with Crippen LogP contribution in [-0.2, 0) is 9.84 Å². The van der Waals surface area contributed by atoms with Crippen LogP contribution in [0, 0.1) is 5.41 Å². The molecular formula is C20H23Cl2N5O5S2. The van der Waals surface area contributed by atoms with Crippen molar-refractivity contribution in [1.29, 1.82) is 5.41 Å². The minimum absolute atomic E-state index is 0. The molecule has 1 aliphatic heterocycles. The molecule has 0 bridgehead atoms. The quantitative estimate of drug-likeness (QED) is 0.232. The van der Waals surface area contributed by atoms with Gasteiger partial charge in [-0.2, -0.15) is 0 Å². The lowest BCUT2D eigenvalue weighted by Gasteiger charge is -2.12. The van der Waals surface area contributed by atoms with Gasteiger partial charge < -0.3 is 15.8 Å². The van der Waals surface area contributed by atoms with Gasteiger partial charge in [0.05, 0.1) is 12.3 Å². The molecule has 0 fully saturated rings. The van der Waals surface area contributed by atoms with Crippen LogP contribution in [0.4, 0.5) is 0 Å². The van der Waals surface area contributed by atoms with Gasteiger partial charge in [0, 0.05) is 23.9 Å². The predicted octanol–water partition coefficient (Wildman–Crippen LogP) is 2.22. The summed E-state index contributed by atoms with van der Waals surface area (Å²) < 4.78 is 30.2. The maximum atomic E-state index is 12.3. The number of carbonyl (C=O) groups is 2. The first kappa shape index (κ1) is 29.2. The van der Waals surface area contributed by atoms with Gasteiger partial charge in [0.15, 0.2) is 26.7 Å². The van der Waals surface area contributed by atoms with Gasteiger partial charge in [-0.05, 0) is 42.5 Å². The van der Waals surface area contributed by atoms with Crippen LogP contribution in [0.1, 0.15) is 20.7 Å². The summed E-state index contributed by atoms with van der Waals surface area (Å²) in [4.78, 5) is 28.4. The fraction of sp³-hybridized carbons (Fsp3) is 0.200. The number of halogens is 2. The Morgan fingerprint density at radius 2 is 1.82 bits per heavy atom. The molecule has 2 aromatic carbocycles. The Hall–Kier alpha value is -2.80. The van der Waals surface area contributed by atoms with Gasteiger partial charge in [-0.1, -0.05) is 11.8 Å². The predicted molar refractivity (Wildman–Crippen MR) is 137 cm³/mol. The number of ether oxygens (including phenoxy) is 1. The summed E-state index contributed by atoms with van der Waals surface area (Å²) in [6.07, 6.45) is 0.991. The molecule has 0 spiro atoms. The van der Waals surface area contributed by atoms with Gasteiger partial charge in [0.1, 0.15) is 16.4 Å². The first-order chi connectivity index (χ1) is 15.1. The molecule has 0 saturated heterocycles. The van der Waals surface area contributed by atoms with Crippen LogP contribution in [0.5, 0.6) is 11.5 Å². The molecule has 184 valence electrons. The Bertz CT molecular complexity index is 1200. The van der Waals surface area contributed by atoms with E-state index in [1.165, 1.54) is 23.9 Å². The lowest BCUT2D eigenvalue weighted by molar-refractivity contribution is 0.0974. The molecule has 14 heteroatoms. The number of sulfone groups is 1. The molecule has 34 heavy (non-hydrogen) atoms. The fourth-order valence-electron chi connectivity index (χ4n) is 2.74. The maximum Gasteiger partial charge on any atom is 0.257 e. The smallest absolute Gasteiger partial charge is 0.257 e. The Morgan fingerprint density at radius 1 is 1.18 bits per heavy atom. The number of benzene rings is 2. The highest BCUT2D eigenvalue weighted by Gasteiger charge is 2.19. The van der Waals surface area contributed by atoms with E-state index in [0.29, 0.717) is 17.9 Å². The molecule has 0 aliphatic carbocycles. The number of carbonyl (C=O) groups excluding carboxylic acids is 2. The van der Waals surface area contributed by atoms with Gasteiger partial charge >= 0.3 is 0 Å². The average Bonchev–Trinajstić information content (AvgIpc) is 3.25. The summed E-state index contributed by atoms with van der Waals surface area (Å²) in [5.41, 5.74) is 5.64. The average molecular weight is 548 g/mol.